The number of nitrogens with zero attached hydrogens (tertiary/aromatic N) is 2. The molecule has 0 saturated heterocycles. The summed E-state index contributed by atoms with van der Waals surface area (Å²) in [6, 6.07) is 2.04. The number of aromatic nitrogens is 1. The normalized spacial score (nSPS) is 15.9. The zero-order valence-electron chi connectivity index (χ0n) is 8.79. The maximum atomic E-state index is 5.61. The van der Waals surface area contributed by atoms with Crippen LogP contribution in [0.5, 0.6) is 5.88 Å². The largest absolute Gasteiger partial charge is 0.476 e. The van der Waals surface area contributed by atoms with Gasteiger partial charge >= 0.3 is 0 Å². The van der Waals surface area contributed by atoms with Crippen LogP contribution in [0.2, 0.25) is 0 Å². The van der Waals surface area contributed by atoms with Gasteiger partial charge in [0.15, 0.2) is 0 Å². The first-order chi connectivity index (χ1) is 6.81. The van der Waals surface area contributed by atoms with Crippen molar-refractivity contribution < 1.29 is 4.74 Å². The van der Waals surface area contributed by atoms with Gasteiger partial charge in [0.1, 0.15) is 6.61 Å². The molecule has 0 aliphatic carbocycles. The van der Waals surface area contributed by atoms with E-state index in [0.29, 0.717) is 0 Å². The fourth-order valence-corrected chi connectivity index (χ4v) is 1.72. The Labute approximate surface area is 92.1 Å². The lowest BCUT2D eigenvalue weighted by molar-refractivity contribution is 0.231. The SMILES string of the molecule is C.CCN1CCOc2nccc(C)c2C1. The fourth-order valence-electron chi connectivity index (χ4n) is 1.72. The smallest absolute Gasteiger partial charge is 0.218 e. The Morgan fingerprint density at radius 3 is 3.07 bits per heavy atom. The summed E-state index contributed by atoms with van der Waals surface area (Å²) in [5.74, 6) is 0.820. The topological polar surface area (TPSA) is 25.4 Å². The van der Waals surface area contributed by atoms with E-state index < -0.39 is 0 Å². The molecule has 1 aliphatic rings. The zero-order chi connectivity index (χ0) is 9.97. The van der Waals surface area contributed by atoms with Crippen molar-refractivity contribution >= 4 is 0 Å². The maximum absolute atomic E-state index is 5.61. The van der Waals surface area contributed by atoms with Gasteiger partial charge in [-0.05, 0) is 25.1 Å². The molecule has 0 spiro atoms. The molecule has 15 heavy (non-hydrogen) atoms. The highest BCUT2D eigenvalue weighted by atomic mass is 16.5. The van der Waals surface area contributed by atoms with Crippen LogP contribution >= 0.6 is 0 Å². The van der Waals surface area contributed by atoms with Gasteiger partial charge < -0.3 is 4.74 Å². The van der Waals surface area contributed by atoms with Crippen molar-refractivity contribution in [1.29, 1.82) is 0 Å². The van der Waals surface area contributed by atoms with E-state index in [1.807, 2.05) is 12.3 Å². The van der Waals surface area contributed by atoms with Gasteiger partial charge in [0.2, 0.25) is 5.88 Å². The minimum absolute atomic E-state index is 0. The number of rotatable bonds is 1. The number of aryl methyl sites for hydroxylation is 1. The van der Waals surface area contributed by atoms with Crippen molar-refractivity contribution in [2.24, 2.45) is 0 Å². The molecule has 0 atom stereocenters. The minimum Gasteiger partial charge on any atom is -0.476 e. The highest BCUT2D eigenvalue weighted by Gasteiger charge is 2.16. The van der Waals surface area contributed by atoms with Gasteiger partial charge in [-0.25, -0.2) is 4.98 Å². The molecule has 0 saturated carbocycles. The van der Waals surface area contributed by atoms with Crippen molar-refractivity contribution in [3.8, 4) is 5.88 Å². The van der Waals surface area contributed by atoms with E-state index in [0.717, 1.165) is 32.1 Å². The molecular weight excluding hydrogens is 188 g/mol. The Hall–Kier alpha value is -1.09. The van der Waals surface area contributed by atoms with Gasteiger partial charge in [-0.2, -0.15) is 0 Å². The van der Waals surface area contributed by atoms with E-state index in [2.05, 4.69) is 23.7 Å². The van der Waals surface area contributed by atoms with Gasteiger partial charge in [-0.15, -0.1) is 0 Å². The average Bonchev–Trinajstić information content (AvgIpc) is 2.40. The molecule has 2 heterocycles. The Bertz CT molecular complexity index is 325. The number of hydrogen-bond acceptors (Lipinski definition) is 3. The van der Waals surface area contributed by atoms with Crippen LogP contribution in [0.15, 0.2) is 12.3 Å². The van der Waals surface area contributed by atoms with Crippen LogP contribution in [-0.4, -0.2) is 29.6 Å². The van der Waals surface area contributed by atoms with E-state index in [1.54, 1.807) is 0 Å². The van der Waals surface area contributed by atoms with Gasteiger partial charge in [-0.3, -0.25) is 4.90 Å². The highest BCUT2D eigenvalue weighted by Crippen LogP contribution is 2.22. The molecule has 3 nitrogen and oxygen atoms in total. The summed E-state index contributed by atoms with van der Waals surface area (Å²) in [7, 11) is 0. The Morgan fingerprint density at radius 2 is 2.33 bits per heavy atom. The maximum Gasteiger partial charge on any atom is 0.218 e. The van der Waals surface area contributed by atoms with E-state index in [1.165, 1.54) is 11.1 Å². The Balaban J connectivity index is 0.00000112. The van der Waals surface area contributed by atoms with Crippen LogP contribution in [0.1, 0.15) is 25.5 Å². The molecule has 1 aromatic rings. The number of likely N-dealkylation sites (N-methyl/N-ethyl adjacent to an activating group) is 1. The molecule has 2 rings (SSSR count). The van der Waals surface area contributed by atoms with Crippen LogP contribution in [-0.2, 0) is 6.54 Å². The summed E-state index contributed by atoms with van der Waals surface area (Å²) in [4.78, 5) is 6.64. The second-order valence-corrected chi connectivity index (χ2v) is 3.63. The van der Waals surface area contributed by atoms with E-state index in [4.69, 9.17) is 4.74 Å². The first-order valence-corrected chi connectivity index (χ1v) is 5.11. The number of hydrogen-bond donors (Lipinski definition) is 0. The zero-order valence-corrected chi connectivity index (χ0v) is 8.79. The van der Waals surface area contributed by atoms with Gasteiger partial charge in [0.05, 0.1) is 0 Å². The molecule has 84 valence electrons. The lowest BCUT2D eigenvalue weighted by Gasteiger charge is -2.16. The predicted molar refractivity (Wildman–Crippen MR) is 62.2 cm³/mol. The van der Waals surface area contributed by atoms with Crippen molar-refractivity contribution in [1.82, 2.24) is 9.88 Å². The van der Waals surface area contributed by atoms with Crippen LogP contribution in [0.3, 0.4) is 0 Å². The van der Waals surface area contributed by atoms with Crippen molar-refractivity contribution in [3.05, 3.63) is 23.4 Å². The van der Waals surface area contributed by atoms with Crippen molar-refractivity contribution in [2.45, 2.75) is 27.8 Å². The Kier molecular flexibility index (Phi) is 4.09. The number of pyridine rings is 1. The molecule has 0 unspecified atom stereocenters. The number of fused-ring (bicyclic) bond motifs is 1. The third kappa shape index (κ3) is 2.48. The second kappa shape index (κ2) is 5.12. The quantitative estimate of drug-likeness (QED) is 0.707. The highest BCUT2D eigenvalue weighted by molar-refractivity contribution is 5.33. The standard InChI is InChI=1S/C11H16N2O.CH4/c1-3-13-6-7-14-11-10(8-13)9(2)4-5-12-11;/h4-5H,3,6-8H2,1-2H3;1H4. The van der Waals surface area contributed by atoms with Crippen LogP contribution < -0.4 is 4.74 Å². The van der Waals surface area contributed by atoms with Gasteiger partial charge in [0, 0.05) is 24.8 Å². The third-order valence-corrected chi connectivity index (χ3v) is 2.73. The molecule has 0 amide bonds. The van der Waals surface area contributed by atoms with E-state index in [9.17, 15) is 0 Å². The molecule has 1 aliphatic heterocycles. The van der Waals surface area contributed by atoms with E-state index in [-0.39, 0.29) is 7.43 Å². The van der Waals surface area contributed by atoms with Crippen molar-refractivity contribution in [2.75, 3.05) is 19.7 Å². The number of ether oxygens (including phenoxy) is 1. The fraction of sp³-hybridized carbons (Fsp3) is 0.583. The van der Waals surface area contributed by atoms with Gasteiger partial charge in [0.25, 0.3) is 0 Å². The average molecular weight is 208 g/mol. The molecular formula is C12H20N2O. The third-order valence-electron chi connectivity index (χ3n) is 2.73. The summed E-state index contributed by atoms with van der Waals surface area (Å²) in [6.45, 7) is 8.06. The molecule has 0 radical (unpaired) electrons. The van der Waals surface area contributed by atoms with Crippen LogP contribution in [0.25, 0.3) is 0 Å². The van der Waals surface area contributed by atoms with Gasteiger partial charge in [-0.1, -0.05) is 14.4 Å². The first kappa shape index (κ1) is 12.0. The van der Waals surface area contributed by atoms with E-state index >= 15 is 0 Å². The second-order valence-electron chi connectivity index (χ2n) is 3.63. The molecule has 0 N–H and O–H groups in total. The molecule has 3 heteroatoms. The summed E-state index contributed by atoms with van der Waals surface area (Å²) >= 11 is 0. The summed E-state index contributed by atoms with van der Waals surface area (Å²) in [6.07, 6.45) is 1.82. The summed E-state index contributed by atoms with van der Waals surface area (Å²) in [5.41, 5.74) is 2.52. The lowest BCUT2D eigenvalue weighted by atomic mass is 10.1. The van der Waals surface area contributed by atoms with Crippen LogP contribution in [0.4, 0.5) is 0 Å². The molecule has 0 bridgehead atoms. The van der Waals surface area contributed by atoms with Crippen LogP contribution in [0, 0.1) is 6.92 Å². The summed E-state index contributed by atoms with van der Waals surface area (Å²) < 4.78 is 5.61. The molecule has 0 fully saturated rings. The molecule has 1 aromatic heterocycles. The minimum atomic E-state index is 0. The Morgan fingerprint density at radius 1 is 1.53 bits per heavy atom. The summed E-state index contributed by atoms with van der Waals surface area (Å²) in [5, 5.41) is 0. The first-order valence-electron chi connectivity index (χ1n) is 5.11. The lowest BCUT2D eigenvalue weighted by Crippen LogP contribution is -2.25. The predicted octanol–water partition coefficient (Wildman–Crippen LogP) is 2.24. The van der Waals surface area contributed by atoms with Crippen molar-refractivity contribution in [3.63, 3.8) is 0 Å². The molecule has 0 aromatic carbocycles. The monoisotopic (exact) mass is 208 g/mol.